The highest BCUT2D eigenvalue weighted by atomic mass is 19.4. The molecule has 1 aromatic carbocycles. The molecule has 1 saturated heterocycles. The number of likely N-dealkylation sites (tertiary alicyclic amines) is 1. The largest absolute Gasteiger partial charge is 0.449 e. The van der Waals surface area contributed by atoms with Crippen LogP contribution in [0.4, 0.5) is 13.2 Å². The number of rotatable bonds is 5. The minimum atomic E-state index is -4.67. The van der Waals surface area contributed by atoms with Crippen LogP contribution in [0, 0.1) is 6.92 Å². The fraction of sp³-hybridized carbons (Fsp3) is 0.500. The molecule has 1 fully saturated rings. The molecule has 13 heteroatoms. The highest BCUT2D eigenvalue weighted by molar-refractivity contribution is 5.77. The van der Waals surface area contributed by atoms with Crippen molar-refractivity contribution in [1.29, 1.82) is 0 Å². The first-order valence-corrected chi connectivity index (χ1v) is 11.8. The molecule has 200 valence electrons. The zero-order valence-electron chi connectivity index (χ0n) is 20.3. The van der Waals surface area contributed by atoms with Gasteiger partial charge in [0.05, 0.1) is 28.8 Å². The first kappa shape index (κ1) is 26.6. The summed E-state index contributed by atoms with van der Waals surface area (Å²) in [5.41, 5.74) is -2.21. The van der Waals surface area contributed by atoms with Gasteiger partial charge in [-0.3, -0.25) is 19.1 Å². The van der Waals surface area contributed by atoms with Gasteiger partial charge in [-0.05, 0) is 32.4 Å². The van der Waals surface area contributed by atoms with Crippen LogP contribution >= 0.6 is 0 Å². The van der Waals surface area contributed by atoms with Gasteiger partial charge in [-0.2, -0.15) is 13.2 Å². The van der Waals surface area contributed by atoms with Crippen molar-refractivity contribution in [1.82, 2.24) is 24.0 Å². The topological polar surface area (TPSA) is 133 Å². The molecular formula is C24H28F3N5O5. The number of fused-ring (bicyclic) bond motifs is 1. The number of hydrogen-bond donors (Lipinski definition) is 3. The van der Waals surface area contributed by atoms with Crippen molar-refractivity contribution >= 4 is 16.9 Å². The van der Waals surface area contributed by atoms with E-state index in [0.29, 0.717) is 5.52 Å². The van der Waals surface area contributed by atoms with Gasteiger partial charge in [0.2, 0.25) is 11.7 Å². The van der Waals surface area contributed by atoms with E-state index in [4.69, 9.17) is 0 Å². The SMILES string of the molecule is Cc1cn([C@H]2CN(C(=O)CCCn3c(C(F)(F)F)nc4ccccc43)C[C@H](O)C[C@]2(C)O)c(=O)[nH]c1=O. The standard InChI is InChI=1S/C24H28F3N5O5/c1-14-11-32(22(36)29-20(14)35)18-13-30(12-15(33)10-23(18,2)37)19(34)8-5-9-31-17-7-4-3-6-16(17)28-21(31)24(25,26)27/h3-4,6-7,11,15,18,33,37H,5,8-10,12-13H2,1-2H3,(H,29,35,36)/t15-,18+,23+/m1/s1. The zero-order chi connectivity index (χ0) is 27.1. The Bertz CT molecular complexity index is 1420. The van der Waals surface area contributed by atoms with Gasteiger partial charge in [-0.15, -0.1) is 0 Å². The van der Waals surface area contributed by atoms with Crippen molar-refractivity contribution in [2.75, 3.05) is 13.1 Å². The summed E-state index contributed by atoms with van der Waals surface area (Å²) in [7, 11) is 0. The molecule has 1 aliphatic rings. The Morgan fingerprint density at radius 3 is 2.65 bits per heavy atom. The Kier molecular flexibility index (Phi) is 7.04. The number of aliphatic hydroxyl groups excluding tert-OH is 1. The predicted molar refractivity (Wildman–Crippen MR) is 127 cm³/mol. The van der Waals surface area contributed by atoms with E-state index in [9.17, 15) is 37.8 Å². The first-order chi connectivity index (χ1) is 17.3. The first-order valence-electron chi connectivity index (χ1n) is 11.8. The maximum atomic E-state index is 13.6. The lowest BCUT2D eigenvalue weighted by Gasteiger charge is -2.34. The molecule has 3 heterocycles. The highest BCUT2D eigenvalue weighted by Crippen LogP contribution is 2.33. The maximum absolute atomic E-state index is 13.6. The number of halogens is 3. The van der Waals surface area contributed by atoms with E-state index < -0.39 is 46.9 Å². The number of para-hydroxylation sites is 2. The molecule has 2 aromatic heterocycles. The van der Waals surface area contributed by atoms with E-state index in [2.05, 4.69) is 9.97 Å². The highest BCUT2D eigenvalue weighted by Gasteiger charge is 2.42. The fourth-order valence-electron chi connectivity index (χ4n) is 4.89. The summed E-state index contributed by atoms with van der Waals surface area (Å²) >= 11 is 0. The average Bonchev–Trinajstić information content (AvgIpc) is 3.12. The van der Waals surface area contributed by atoms with E-state index in [1.54, 1.807) is 12.1 Å². The molecular weight excluding hydrogens is 495 g/mol. The van der Waals surface area contributed by atoms with Gasteiger partial charge < -0.3 is 19.7 Å². The summed E-state index contributed by atoms with van der Waals surface area (Å²) in [4.78, 5) is 44.6. The van der Waals surface area contributed by atoms with Crippen molar-refractivity contribution < 1.29 is 28.2 Å². The van der Waals surface area contributed by atoms with E-state index >= 15 is 0 Å². The van der Waals surface area contributed by atoms with Crippen LogP contribution in [0.5, 0.6) is 0 Å². The number of aromatic nitrogens is 4. The monoisotopic (exact) mass is 523 g/mol. The number of aromatic amines is 1. The third-order valence-electron chi connectivity index (χ3n) is 6.71. The molecule has 0 aliphatic carbocycles. The fourth-order valence-corrected chi connectivity index (χ4v) is 4.89. The number of aliphatic hydroxyl groups is 2. The molecule has 0 radical (unpaired) electrons. The minimum absolute atomic E-state index is 0.0631. The molecule has 1 aliphatic heterocycles. The van der Waals surface area contributed by atoms with Crippen LogP contribution in [-0.2, 0) is 17.5 Å². The summed E-state index contributed by atoms with van der Waals surface area (Å²) in [6, 6.07) is 5.23. The molecule has 0 bridgehead atoms. The third-order valence-corrected chi connectivity index (χ3v) is 6.71. The van der Waals surface area contributed by atoms with Crippen molar-refractivity contribution in [2.24, 2.45) is 0 Å². The van der Waals surface area contributed by atoms with Crippen LogP contribution in [0.25, 0.3) is 11.0 Å². The van der Waals surface area contributed by atoms with Gasteiger partial charge in [0, 0.05) is 44.2 Å². The number of nitrogens with one attached hydrogen (secondary N) is 1. The average molecular weight is 524 g/mol. The molecule has 10 nitrogen and oxygen atoms in total. The zero-order valence-corrected chi connectivity index (χ0v) is 20.3. The van der Waals surface area contributed by atoms with Gasteiger partial charge in [-0.25, -0.2) is 9.78 Å². The summed E-state index contributed by atoms with van der Waals surface area (Å²) in [6.45, 7) is 2.55. The Morgan fingerprint density at radius 2 is 1.95 bits per heavy atom. The number of β-amino-alcohol motifs (C(OH)–C–C–N with tert-alkyl or cyclic N) is 1. The minimum Gasteiger partial charge on any atom is -0.391 e. The Balaban J connectivity index is 1.54. The van der Waals surface area contributed by atoms with Gasteiger partial charge in [0.15, 0.2) is 0 Å². The molecule has 4 rings (SSSR count). The van der Waals surface area contributed by atoms with E-state index in [0.717, 1.165) is 9.13 Å². The number of carbonyl (C=O) groups excluding carboxylic acids is 1. The van der Waals surface area contributed by atoms with Crippen molar-refractivity contribution in [3.8, 4) is 0 Å². The lowest BCUT2D eigenvalue weighted by molar-refractivity contribution is -0.147. The second-order valence-corrected chi connectivity index (χ2v) is 9.69. The quantitative estimate of drug-likeness (QED) is 0.465. The number of benzene rings is 1. The summed E-state index contributed by atoms with van der Waals surface area (Å²) in [5.74, 6) is -1.50. The Morgan fingerprint density at radius 1 is 1.24 bits per heavy atom. The van der Waals surface area contributed by atoms with Crippen LogP contribution in [0.3, 0.4) is 0 Å². The second-order valence-electron chi connectivity index (χ2n) is 9.69. The van der Waals surface area contributed by atoms with Gasteiger partial charge >= 0.3 is 11.9 Å². The molecule has 3 aromatic rings. The normalized spacial score (nSPS) is 22.8. The van der Waals surface area contributed by atoms with Crippen LogP contribution in [-0.4, -0.2) is 64.9 Å². The van der Waals surface area contributed by atoms with Gasteiger partial charge in [0.1, 0.15) is 0 Å². The van der Waals surface area contributed by atoms with E-state index in [1.807, 2.05) is 0 Å². The number of H-pyrrole nitrogens is 1. The number of nitrogens with zero attached hydrogens (tertiary/aromatic N) is 4. The number of imidazole rings is 1. The maximum Gasteiger partial charge on any atom is 0.449 e. The molecule has 37 heavy (non-hydrogen) atoms. The predicted octanol–water partition coefficient (Wildman–Crippen LogP) is 1.58. The summed E-state index contributed by atoms with van der Waals surface area (Å²) in [6.07, 6.45) is -4.68. The lowest BCUT2D eigenvalue weighted by Crippen LogP contribution is -2.47. The van der Waals surface area contributed by atoms with Crippen LogP contribution in [0.1, 0.15) is 43.6 Å². The molecule has 1 amide bonds. The van der Waals surface area contributed by atoms with Crippen molar-refractivity contribution in [3.05, 3.63) is 62.7 Å². The van der Waals surface area contributed by atoms with Crippen LogP contribution < -0.4 is 11.2 Å². The summed E-state index contributed by atoms with van der Waals surface area (Å²) in [5, 5.41) is 21.5. The number of carbonyl (C=O) groups is 1. The third kappa shape index (κ3) is 5.47. The molecule has 0 unspecified atom stereocenters. The molecule has 3 N–H and O–H groups in total. The van der Waals surface area contributed by atoms with Crippen LogP contribution in [0.2, 0.25) is 0 Å². The van der Waals surface area contributed by atoms with Gasteiger partial charge in [-0.1, -0.05) is 12.1 Å². The number of alkyl halides is 3. The molecule has 0 saturated carbocycles. The van der Waals surface area contributed by atoms with E-state index in [-0.39, 0.29) is 50.0 Å². The number of amides is 1. The number of hydrogen-bond acceptors (Lipinski definition) is 6. The van der Waals surface area contributed by atoms with Crippen molar-refractivity contribution in [2.45, 2.75) is 63.6 Å². The Hall–Kier alpha value is -3.45. The summed E-state index contributed by atoms with van der Waals surface area (Å²) < 4.78 is 42.8. The smallest absolute Gasteiger partial charge is 0.391 e. The lowest BCUT2D eigenvalue weighted by atomic mass is 9.91. The van der Waals surface area contributed by atoms with E-state index in [1.165, 1.54) is 37.1 Å². The Labute approximate surface area is 209 Å². The molecule has 0 spiro atoms. The van der Waals surface area contributed by atoms with Crippen LogP contribution in [0.15, 0.2) is 40.1 Å². The molecule has 3 atom stereocenters. The number of aryl methyl sites for hydroxylation is 2. The second kappa shape index (κ2) is 9.78. The van der Waals surface area contributed by atoms with Crippen molar-refractivity contribution in [3.63, 3.8) is 0 Å². The van der Waals surface area contributed by atoms with Gasteiger partial charge in [0.25, 0.3) is 5.56 Å².